The van der Waals surface area contributed by atoms with Crippen molar-refractivity contribution in [1.82, 2.24) is 0 Å². The van der Waals surface area contributed by atoms with E-state index in [0.29, 0.717) is 0 Å². The summed E-state index contributed by atoms with van der Waals surface area (Å²) in [7, 11) is 0. The minimum atomic E-state index is -0.238. The highest BCUT2D eigenvalue weighted by molar-refractivity contribution is 7.26. The van der Waals surface area contributed by atoms with Crippen LogP contribution in [-0.4, -0.2) is 0 Å². The van der Waals surface area contributed by atoms with Gasteiger partial charge in [-0.05, 0) is 104 Å². The molecule has 0 nitrogen and oxygen atoms in total. The van der Waals surface area contributed by atoms with Crippen molar-refractivity contribution in [3.05, 3.63) is 214 Å². The minimum Gasteiger partial charge on any atom is -0.135 e. The van der Waals surface area contributed by atoms with E-state index in [-0.39, 0.29) is 11.3 Å². The maximum Gasteiger partial charge on any atom is 0.0438 e. The third-order valence-corrected chi connectivity index (χ3v) is 14.8. The van der Waals surface area contributed by atoms with Gasteiger partial charge in [-0.1, -0.05) is 146 Å². The summed E-state index contributed by atoms with van der Waals surface area (Å²) in [5, 5.41) is 5.39. The molecule has 0 fully saturated rings. The molecule has 0 amide bonds. The molecule has 0 radical (unpaired) electrons. The van der Waals surface area contributed by atoms with E-state index in [9.17, 15) is 0 Å². The Morgan fingerprint density at radius 1 is 0.407 bits per heavy atom. The second kappa shape index (κ2) is 11.4. The highest BCUT2D eigenvalue weighted by Gasteiger charge is 2.43. The van der Waals surface area contributed by atoms with Gasteiger partial charge in [0.25, 0.3) is 0 Å². The van der Waals surface area contributed by atoms with E-state index < -0.39 is 0 Å². The molecule has 2 aliphatic carbocycles. The zero-order chi connectivity index (χ0) is 35.5. The van der Waals surface area contributed by atoms with Gasteiger partial charge in [-0.25, -0.2) is 0 Å². The lowest BCUT2D eigenvalue weighted by Gasteiger charge is -2.30. The van der Waals surface area contributed by atoms with E-state index in [1.54, 1.807) is 0 Å². The number of benzene rings is 8. The smallest absolute Gasteiger partial charge is 0.0438 e. The van der Waals surface area contributed by atoms with E-state index in [1.165, 1.54) is 107 Å². The maximum atomic E-state index is 2.49. The van der Waals surface area contributed by atoms with Gasteiger partial charge in [-0.15, -0.1) is 22.7 Å². The van der Waals surface area contributed by atoms with Crippen molar-refractivity contribution in [2.45, 2.75) is 24.7 Å². The van der Waals surface area contributed by atoms with Crippen molar-refractivity contribution in [2.24, 2.45) is 0 Å². The predicted octanol–water partition coefficient (Wildman–Crippen LogP) is 14.5. The highest BCUT2D eigenvalue weighted by Crippen LogP contribution is 2.56. The quantitative estimate of drug-likeness (QED) is 0.159. The van der Waals surface area contributed by atoms with Gasteiger partial charge >= 0.3 is 0 Å². The molecule has 0 unspecified atom stereocenters. The van der Waals surface area contributed by atoms with Crippen LogP contribution in [0.4, 0.5) is 0 Å². The van der Waals surface area contributed by atoms with E-state index in [0.717, 1.165) is 6.42 Å². The van der Waals surface area contributed by atoms with Crippen LogP contribution in [0, 0.1) is 0 Å². The fourth-order valence-corrected chi connectivity index (χ4v) is 12.4. The van der Waals surface area contributed by atoms with Crippen LogP contribution in [0.25, 0.3) is 62.6 Å². The zero-order valence-electron chi connectivity index (χ0n) is 29.8. The normalized spacial score (nSPS) is 13.9. The van der Waals surface area contributed by atoms with E-state index in [4.69, 9.17) is 0 Å². The molecule has 2 aliphatic rings. The van der Waals surface area contributed by atoms with E-state index in [1.807, 2.05) is 22.7 Å². The SMILES string of the molecule is CC1(c2cccc3c2Cc2c-3cccc2C(c2ccc3c(c2)sc2ccccc23)c2ccc3c(c2)sc2ccccc23)c2ccccc2-c2ccccc21. The number of hydrogen-bond acceptors (Lipinski definition) is 2. The molecule has 0 atom stereocenters. The van der Waals surface area contributed by atoms with Crippen LogP contribution in [0.15, 0.2) is 170 Å². The lowest BCUT2D eigenvalue weighted by atomic mass is 9.72. The Bertz CT molecular complexity index is 3010. The fraction of sp³-hybridized carbons (Fsp3) is 0.0769. The second-order valence-corrected chi connectivity index (χ2v) is 17.4. The molecule has 8 aromatic carbocycles. The van der Waals surface area contributed by atoms with Crippen molar-refractivity contribution < 1.29 is 0 Å². The highest BCUT2D eigenvalue weighted by atomic mass is 32.1. The molecule has 0 saturated heterocycles. The molecule has 0 aliphatic heterocycles. The molecule has 0 saturated carbocycles. The van der Waals surface area contributed by atoms with Crippen LogP contribution in [0.1, 0.15) is 57.3 Å². The summed E-state index contributed by atoms with van der Waals surface area (Å²) in [5.74, 6) is 0.0884. The molecule has 0 spiro atoms. The molecular formula is C52H34S2. The Balaban J connectivity index is 1.06. The summed E-state index contributed by atoms with van der Waals surface area (Å²) in [6.07, 6.45) is 0.920. The molecule has 2 heterocycles. The van der Waals surface area contributed by atoms with Crippen molar-refractivity contribution in [3.8, 4) is 22.3 Å². The van der Waals surface area contributed by atoms with Crippen molar-refractivity contribution in [1.29, 1.82) is 0 Å². The Labute approximate surface area is 322 Å². The molecule has 12 rings (SSSR count). The molecule has 254 valence electrons. The maximum absolute atomic E-state index is 2.49. The summed E-state index contributed by atoms with van der Waals surface area (Å²) in [5.41, 5.74) is 16.5. The van der Waals surface area contributed by atoms with Gasteiger partial charge in [0.15, 0.2) is 0 Å². The van der Waals surface area contributed by atoms with Crippen LogP contribution >= 0.6 is 22.7 Å². The second-order valence-electron chi connectivity index (χ2n) is 15.2. The fourth-order valence-electron chi connectivity index (χ4n) is 10.1. The number of fused-ring (bicyclic) bond motifs is 12. The first kappa shape index (κ1) is 30.6. The van der Waals surface area contributed by atoms with Gasteiger partial charge in [-0.2, -0.15) is 0 Å². The monoisotopic (exact) mass is 722 g/mol. The van der Waals surface area contributed by atoms with Gasteiger partial charge in [0, 0.05) is 51.7 Å². The molecular weight excluding hydrogens is 689 g/mol. The largest absolute Gasteiger partial charge is 0.135 e. The summed E-state index contributed by atoms with van der Waals surface area (Å²) in [4.78, 5) is 0. The van der Waals surface area contributed by atoms with Crippen molar-refractivity contribution in [2.75, 3.05) is 0 Å². The van der Waals surface area contributed by atoms with Crippen LogP contribution < -0.4 is 0 Å². The van der Waals surface area contributed by atoms with E-state index >= 15 is 0 Å². The first-order valence-corrected chi connectivity index (χ1v) is 20.5. The summed E-state index contributed by atoms with van der Waals surface area (Å²) in [6.45, 7) is 2.46. The topological polar surface area (TPSA) is 0 Å². The third-order valence-electron chi connectivity index (χ3n) is 12.6. The van der Waals surface area contributed by atoms with Crippen LogP contribution in [-0.2, 0) is 11.8 Å². The lowest BCUT2D eigenvalue weighted by Crippen LogP contribution is -2.24. The summed E-state index contributed by atoms with van der Waals surface area (Å²) >= 11 is 3.82. The first-order chi connectivity index (χ1) is 26.6. The molecule has 2 aromatic heterocycles. The Morgan fingerprint density at radius 2 is 0.870 bits per heavy atom. The van der Waals surface area contributed by atoms with Crippen LogP contribution in [0.5, 0.6) is 0 Å². The Kier molecular flexibility index (Phi) is 6.44. The zero-order valence-corrected chi connectivity index (χ0v) is 31.4. The molecule has 0 bridgehead atoms. The van der Waals surface area contributed by atoms with Crippen molar-refractivity contribution >= 4 is 63.0 Å². The van der Waals surface area contributed by atoms with Crippen LogP contribution in [0.2, 0.25) is 0 Å². The number of rotatable bonds is 4. The van der Waals surface area contributed by atoms with E-state index in [2.05, 4.69) is 177 Å². The average Bonchev–Trinajstić information content (AvgIpc) is 3.97. The summed E-state index contributed by atoms with van der Waals surface area (Å²) < 4.78 is 5.40. The molecule has 10 aromatic rings. The molecule has 0 N–H and O–H groups in total. The number of hydrogen-bond donors (Lipinski definition) is 0. The van der Waals surface area contributed by atoms with Crippen molar-refractivity contribution in [3.63, 3.8) is 0 Å². The first-order valence-electron chi connectivity index (χ1n) is 18.9. The van der Waals surface area contributed by atoms with Gasteiger partial charge in [-0.3, -0.25) is 0 Å². The number of thiophene rings is 2. The Morgan fingerprint density at radius 3 is 1.48 bits per heavy atom. The summed E-state index contributed by atoms with van der Waals surface area (Å²) in [6, 6.07) is 64.5. The molecule has 54 heavy (non-hydrogen) atoms. The minimum absolute atomic E-state index is 0.0884. The van der Waals surface area contributed by atoms with Gasteiger partial charge in [0.1, 0.15) is 0 Å². The standard InChI is InChI=1S/C52H34S2/c1-52(44-19-6-2-12-35(44)36-13-3-7-20-45(36)52)46-21-11-17-34-33-16-10-18-41(42(33)30-43(34)46)51(31-24-26-39-37-14-4-8-22-47(37)53-49(39)28-31)32-25-27-40-38-15-5-9-23-48(38)54-50(40)29-32/h2-29,51H,30H2,1H3. The Hall–Kier alpha value is -5.80. The van der Waals surface area contributed by atoms with Gasteiger partial charge in [0.05, 0.1) is 0 Å². The lowest BCUT2D eigenvalue weighted by molar-refractivity contribution is 0.705. The van der Waals surface area contributed by atoms with Gasteiger partial charge in [0.2, 0.25) is 0 Å². The third kappa shape index (κ3) is 4.18. The molecule has 2 heteroatoms. The van der Waals surface area contributed by atoms with Gasteiger partial charge < -0.3 is 0 Å². The average molecular weight is 723 g/mol. The predicted molar refractivity (Wildman–Crippen MR) is 232 cm³/mol. The van der Waals surface area contributed by atoms with Crippen LogP contribution in [0.3, 0.4) is 0 Å².